The lowest BCUT2D eigenvalue weighted by atomic mass is 10.2. The molecule has 3 N–H and O–H groups in total. The third-order valence-corrected chi connectivity index (χ3v) is 4.99. The number of anilines is 2. The highest BCUT2D eigenvalue weighted by atomic mass is 35.5. The van der Waals surface area contributed by atoms with Gasteiger partial charge in [-0.1, -0.05) is 44.0 Å². The first-order chi connectivity index (χ1) is 14.3. The van der Waals surface area contributed by atoms with Crippen LogP contribution in [0.4, 0.5) is 11.5 Å². The van der Waals surface area contributed by atoms with Gasteiger partial charge in [-0.25, -0.2) is 4.79 Å². The Labute approximate surface area is 181 Å². The topological polar surface area (TPSA) is 104 Å². The second-order valence-corrected chi connectivity index (χ2v) is 7.78. The maximum absolute atomic E-state index is 13.1. The van der Waals surface area contributed by atoms with Crippen molar-refractivity contribution in [2.45, 2.75) is 46.2 Å². The minimum absolute atomic E-state index is 0.0235. The van der Waals surface area contributed by atoms with Crippen LogP contribution < -0.4 is 21.9 Å². The van der Waals surface area contributed by atoms with Gasteiger partial charge in [-0.05, 0) is 37.6 Å². The molecule has 164 valence electrons. The maximum Gasteiger partial charge on any atom is 0.330 e. The molecule has 1 amide bonds. The number of halogens is 1. The monoisotopic (exact) mass is 435 g/mol. The Morgan fingerprint density at radius 3 is 2.43 bits per heavy atom. The van der Waals surface area contributed by atoms with Crippen molar-refractivity contribution < 1.29 is 4.79 Å². The van der Waals surface area contributed by atoms with Crippen LogP contribution in [0.15, 0.2) is 33.9 Å². The average Bonchev–Trinajstić information content (AvgIpc) is 2.69. The second kappa shape index (κ2) is 11.0. The van der Waals surface area contributed by atoms with Gasteiger partial charge in [0.2, 0.25) is 5.91 Å². The van der Waals surface area contributed by atoms with E-state index in [9.17, 15) is 14.4 Å². The van der Waals surface area contributed by atoms with Gasteiger partial charge in [-0.2, -0.15) is 0 Å². The third kappa shape index (κ3) is 5.96. The van der Waals surface area contributed by atoms with Gasteiger partial charge < -0.3 is 10.6 Å². The Morgan fingerprint density at radius 1 is 1.17 bits per heavy atom. The summed E-state index contributed by atoms with van der Waals surface area (Å²) in [4.78, 5) is 43.4. The second-order valence-electron chi connectivity index (χ2n) is 7.34. The smallest absolute Gasteiger partial charge is 0.330 e. The molecule has 0 radical (unpaired) electrons. The Hall–Kier alpha value is -2.58. The zero-order valence-electron chi connectivity index (χ0n) is 17.8. The van der Waals surface area contributed by atoms with Crippen molar-refractivity contribution >= 4 is 29.0 Å². The van der Waals surface area contributed by atoms with Crippen LogP contribution in [0.2, 0.25) is 5.02 Å². The minimum atomic E-state index is -0.644. The Bertz CT molecular complexity index is 968. The van der Waals surface area contributed by atoms with E-state index in [1.54, 1.807) is 12.1 Å². The number of nitrogens with zero attached hydrogens (tertiary/aromatic N) is 3. The van der Waals surface area contributed by atoms with Crippen molar-refractivity contribution in [3.63, 3.8) is 0 Å². The summed E-state index contributed by atoms with van der Waals surface area (Å²) in [5, 5.41) is 0.653. The number of carbonyl (C=O) groups is 1. The van der Waals surface area contributed by atoms with Crippen molar-refractivity contribution in [3.05, 3.63) is 55.7 Å². The number of nitrogen functional groups attached to an aromatic ring is 1. The Kier molecular flexibility index (Phi) is 8.68. The van der Waals surface area contributed by atoms with E-state index in [2.05, 4.69) is 4.98 Å². The molecule has 2 rings (SSSR count). The number of carbonyl (C=O) groups excluding carboxylic acids is 1. The number of hydrogen-bond acceptors (Lipinski definition) is 5. The van der Waals surface area contributed by atoms with Crippen molar-refractivity contribution in [1.29, 1.82) is 0 Å². The number of aromatic nitrogens is 2. The number of H-pyrrole nitrogens is 1. The Balaban J connectivity index is 2.29. The summed E-state index contributed by atoms with van der Waals surface area (Å²) >= 11 is 5.92. The van der Waals surface area contributed by atoms with E-state index in [1.165, 1.54) is 9.47 Å². The number of hydrogen-bond donors (Lipinski definition) is 2. The number of unbranched alkanes of at least 4 members (excludes halogenated alkanes) is 1. The highest BCUT2D eigenvalue weighted by Gasteiger charge is 2.24. The van der Waals surface area contributed by atoms with Crippen LogP contribution in [0, 0.1) is 0 Å². The first kappa shape index (κ1) is 23.7. The number of aromatic amines is 1. The molecule has 8 nitrogen and oxygen atoms in total. The summed E-state index contributed by atoms with van der Waals surface area (Å²) in [6.07, 6.45) is 2.22. The number of nitrogens with one attached hydrogen (secondary N) is 1. The van der Waals surface area contributed by atoms with Crippen molar-refractivity contribution in [2.24, 2.45) is 0 Å². The van der Waals surface area contributed by atoms with Crippen molar-refractivity contribution in [2.75, 3.05) is 30.8 Å². The minimum Gasteiger partial charge on any atom is -0.383 e. The number of benzene rings is 1. The highest BCUT2D eigenvalue weighted by molar-refractivity contribution is 6.30. The molecule has 0 saturated carbocycles. The number of amides is 1. The van der Waals surface area contributed by atoms with E-state index in [0.29, 0.717) is 37.5 Å². The van der Waals surface area contributed by atoms with Gasteiger partial charge in [0, 0.05) is 24.7 Å². The predicted molar refractivity (Wildman–Crippen MR) is 121 cm³/mol. The van der Waals surface area contributed by atoms with Crippen molar-refractivity contribution in [3.8, 4) is 0 Å². The molecular weight excluding hydrogens is 406 g/mol. The fourth-order valence-corrected chi connectivity index (χ4v) is 3.36. The number of nitrogens with two attached hydrogens (primary N) is 1. The van der Waals surface area contributed by atoms with E-state index in [0.717, 1.165) is 12.0 Å². The molecule has 0 spiro atoms. The lowest BCUT2D eigenvalue weighted by molar-refractivity contribution is -0.119. The largest absolute Gasteiger partial charge is 0.383 e. The standard InChI is InChI=1S/C21H30ClN5O3/c1-4-6-12-26(18-19(23)27(11-5-2)21(30)24-20(18)29)17(28)14-25(3)13-15-7-9-16(22)10-8-15/h7-10H,4-6,11-14,23H2,1-3H3,(H,24,29,30). The molecule has 1 aromatic carbocycles. The molecule has 0 saturated heterocycles. The summed E-state index contributed by atoms with van der Waals surface area (Å²) < 4.78 is 1.31. The summed E-state index contributed by atoms with van der Waals surface area (Å²) in [7, 11) is 1.83. The van der Waals surface area contributed by atoms with Gasteiger partial charge in [-0.3, -0.25) is 24.0 Å². The fraction of sp³-hybridized carbons (Fsp3) is 0.476. The zero-order valence-corrected chi connectivity index (χ0v) is 18.5. The van der Waals surface area contributed by atoms with E-state index < -0.39 is 11.2 Å². The van der Waals surface area contributed by atoms with Gasteiger partial charge in [0.15, 0.2) is 5.69 Å². The van der Waals surface area contributed by atoms with E-state index in [4.69, 9.17) is 17.3 Å². The molecule has 0 aliphatic heterocycles. The summed E-state index contributed by atoms with van der Waals surface area (Å²) in [6, 6.07) is 7.41. The van der Waals surface area contributed by atoms with Gasteiger partial charge in [0.05, 0.1) is 6.54 Å². The Morgan fingerprint density at radius 2 is 1.83 bits per heavy atom. The molecule has 0 unspecified atom stereocenters. The SMILES string of the molecule is CCCCN(C(=O)CN(C)Cc1ccc(Cl)cc1)c1c(N)n(CCC)c(=O)[nH]c1=O. The molecule has 2 aromatic rings. The van der Waals surface area contributed by atoms with E-state index >= 15 is 0 Å². The van der Waals surface area contributed by atoms with Crippen LogP contribution in [0.25, 0.3) is 0 Å². The zero-order chi connectivity index (χ0) is 22.3. The predicted octanol–water partition coefficient (Wildman–Crippen LogP) is 2.45. The lowest BCUT2D eigenvalue weighted by Gasteiger charge is -2.26. The summed E-state index contributed by atoms with van der Waals surface area (Å²) in [5.41, 5.74) is 6.03. The molecule has 0 aliphatic rings. The first-order valence-electron chi connectivity index (χ1n) is 10.1. The molecule has 1 aromatic heterocycles. The first-order valence-corrected chi connectivity index (χ1v) is 10.5. The van der Waals surface area contributed by atoms with E-state index in [1.807, 2.05) is 37.9 Å². The normalized spacial score (nSPS) is 11.1. The molecule has 30 heavy (non-hydrogen) atoms. The molecule has 9 heteroatoms. The van der Waals surface area contributed by atoms with E-state index in [-0.39, 0.29) is 24.0 Å². The fourth-order valence-electron chi connectivity index (χ4n) is 3.23. The molecule has 1 heterocycles. The third-order valence-electron chi connectivity index (χ3n) is 4.74. The highest BCUT2D eigenvalue weighted by Crippen LogP contribution is 2.18. The lowest BCUT2D eigenvalue weighted by Crippen LogP contribution is -2.45. The van der Waals surface area contributed by atoms with Crippen LogP contribution in [0.1, 0.15) is 38.7 Å². The van der Waals surface area contributed by atoms with Gasteiger partial charge in [0.1, 0.15) is 5.82 Å². The maximum atomic E-state index is 13.1. The molecular formula is C21H30ClN5O3. The van der Waals surface area contributed by atoms with Gasteiger partial charge >= 0.3 is 5.69 Å². The number of rotatable bonds is 10. The summed E-state index contributed by atoms with van der Waals surface area (Å²) in [6.45, 7) is 5.26. The van der Waals surface area contributed by atoms with Crippen LogP contribution in [0.3, 0.4) is 0 Å². The molecule has 0 fully saturated rings. The van der Waals surface area contributed by atoms with Crippen LogP contribution in [-0.4, -0.2) is 40.5 Å². The van der Waals surface area contributed by atoms with Gasteiger partial charge in [-0.15, -0.1) is 0 Å². The van der Waals surface area contributed by atoms with Gasteiger partial charge in [0.25, 0.3) is 5.56 Å². The molecule has 0 aliphatic carbocycles. The average molecular weight is 436 g/mol. The quantitative estimate of drug-likeness (QED) is 0.596. The van der Waals surface area contributed by atoms with Crippen LogP contribution >= 0.6 is 11.6 Å². The van der Waals surface area contributed by atoms with Crippen LogP contribution in [0.5, 0.6) is 0 Å². The van der Waals surface area contributed by atoms with Crippen LogP contribution in [-0.2, 0) is 17.9 Å². The van der Waals surface area contributed by atoms with Crippen molar-refractivity contribution in [1.82, 2.24) is 14.5 Å². The molecule has 0 bridgehead atoms. The molecule has 0 atom stereocenters. The summed E-state index contributed by atoms with van der Waals surface area (Å²) in [5.74, 6) is -0.228. The number of likely N-dealkylation sites (N-methyl/N-ethyl adjacent to an activating group) is 1.